The van der Waals surface area contributed by atoms with E-state index in [4.69, 9.17) is 11.5 Å². The van der Waals surface area contributed by atoms with Crippen molar-refractivity contribution in [3.8, 4) is 0 Å². The number of hydrazine groups is 1. The molecule has 0 bridgehead atoms. The largest absolute Gasteiger partial charge is 0.368 e. The quantitative estimate of drug-likeness (QED) is 0.786. The highest BCUT2D eigenvalue weighted by molar-refractivity contribution is 5.86. The van der Waals surface area contributed by atoms with Crippen LogP contribution < -0.4 is 21.4 Å². The highest BCUT2D eigenvalue weighted by atomic mass is 19.1. The molecule has 10 heteroatoms. The summed E-state index contributed by atoms with van der Waals surface area (Å²) in [5, 5.41) is 11.4. The van der Waals surface area contributed by atoms with Gasteiger partial charge in [0.1, 0.15) is 17.3 Å². The normalized spacial score (nSPS) is 23.0. The van der Waals surface area contributed by atoms with E-state index >= 15 is 0 Å². The van der Waals surface area contributed by atoms with Crippen LogP contribution in [0.5, 0.6) is 0 Å². The van der Waals surface area contributed by atoms with Crippen LogP contribution in [0.1, 0.15) is 18.4 Å². The number of benzene rings is 1. The molecule has 4 heterocycles. The predicted octanol–water partition coefficient (Wildman–Crippen LogP) is 2.91. The fraction of sp³-hybridized carbons (Fsp3) is 0.286. The minimum absolute atomic E-state index is 0.0460. The number of rotatable bonds is 3. The number of nitrogens with zero attached hydrogens (tertiary/aromatic N) is 6. The molecule has 2 aromatic rings. The van der Waals surface area contributed by atoms with Crippen LogP contribution in [0.4, 0.5) is 20.2 Å². The zero-order valence-electron chi connectivity index (χ0n) is 16.7. The van der Waals surface area contributed by atoms with E-state index in [-0.39, 0.29) is 17.3 Å². The molecule has 1 aromatic heterocycles. The molecule has 0 amide bonds. The van der Waals surface area contributed by atoms with Crippen LogP contribution >= 0.6 is 0 Å². The molecule has 1 aromatic carbocycles. The van der Waals surface area contributed by atoms with Crippen molar-refractivity contribution in [1.29, 1.82) is 0 Å². The molecule has 1 saturated heterocycles. The van der Waals surface area contributed by atoms with Crippen LogP contribution in [0.2, 0.25) is 0 Å². The minimum atomic E-state index is -0.846. The average molecular weight is 424 g/mol. The maximum atomic E-state index is 14.8. The smallest absolute Gasteiger partial charge is 0.213 e. The van der Waals surface area contributed by atoms with Gasteiger partial charge < -0.3 is 10.6 Å². The van der Waals surface area contributed by atoms with Crippen LogP contribution in [0.3, 0.4) is 0 Å². The lowest BCUT2D eigenvalue weighted by Gasteiger charge is -2.42. The van der Waals surface area contributed by atoms with Gasteiger partial charge in [0.25, 0.3) is 0 Å². The lowest BCUT2D eigenvalue weighted by atomic mass is 10.0. The fourth-order valence-corrected chi connectivity index (χ4v) is 4.23. The van der Waals surface area contributed by atoms with Crippen molar-refractivity contribution in [1.82, 2.24) is 9.99 Å². The number of pyridine rings is 1. The Bertz CT molecular complexity index is 1080. The molecule has 3 aliphatic heterocycles. The summed E-state index contributed by atoms with van der Waals surface area (Å²) in [5.41, 5.74) is 14.0. The van der Waals surface area contributed by atoms with Crippen LogP contribution in [0, 0.1) is 11.6 Å². The summed E-state index contributed by atoms with van der Waals surface area (Å²) >= 11 is 0. The Hall–Kier alpha value is -3.37. The van der Waals surface area contributed by atoms with Crippen molar-refractivity contribution in [2.45, 2.75) is 25.2 Å². The molecular weight excluding hydrogens is 402 g/mol. The molecule has 0 aliphatic carbocycles. The highest BCUT2D eigenvalue weighted by Gasteiger charge is 2.38. The maximum Gasteiger partial charge on any atom is 0.213 e. The maximum absolute atomic E-state index is 14.8. The third kappa shape index (κ3) is 3.33. The first-order chi connectivity index (χ1) is 15.0. The van der Waals surface area contributed by atoms with Gasteiger partial charge in [0.2, 0.25) is 6.29 Å². The Balaban J connectivity index is 1.67. The summed E-state index contributed by atoms with van der Waals surface area (Å²) in [6, 6.07) is 5.70. The SMILES string of the molecule is NC1CCCN(c2ccncc2N2C(c3c(F)cccc3F)=CC=C3N=NC(N)N32)C1. The Kier molecular flexibility index (Phi) is 4.87. The zero-order chi connectivity index (χ0) is 21.5. The molecule has 160 valence electrons. The van der Waals surface area contributed by atoms with Crippen LogP contribution in [0.25, 0.3) is 5.70 Å². The van der Waals surface area contributed by atoms with E-state index in [1.54, 1.807) is 34.6 Å². The second-order valence-corrected chi connectivity index (χ2v) is 7.67. The molecule has 0 saturated carbocycles. The number of piperidine rings is 1. The highest BCUT2D eigenvalue weighted by Crippen LogP contribution is 2.42. The van der Waals surface area contributed by atoms with Gasteiger partial charge in [-0.15, -0.1) is 10.2 Å². The van der Waals surface area contributed by atoms with E-state index in [0.29, 0.717) is 18.1 Å². The van der Waals surface area contributed by atoms with Crippen molar-refractivity contribution in [2.75, 3.05) is 23.0 Å². The number of allylic oxidation sites excluding steroid dienone is 2. The minimum Gasteiger partial charge on any atom is -0.368 e. The van der Waals surface area contributed by atoms with Gasteiger partial charge >= 0.3 is 0 Å². The molecule has 8 nitrogen and oxygen atoms in total. The Morgan fingerprint density at radius 3 is 2.61 bits per heavy atom. The van der Waals surface area contributed by atoms with E-state index < -0.39 is 17.9 Å². The van der Waals surface area contributed by atoms with Crippen molar-refractivity contribution in [3.05, 3.63) is 71.8 Å². The monoisotopic (exact) mass is 424 g/mol. The Morgan fingerprint density at radius 1 is 1.03 bits per heavy atom. The third-order valence-corrected chi connectivity index (χ3v) is 5.62. The molecule has 2 unspecified atom stereocenters. The number of fused-ring (bicyclic) bond motifs is 1. The number of nitrogens with two attached hydrogens (primary N) is 2. The van der Waals surface area contributed by atoms with Crippen molar-refractivity contribution < 1.29 is 8.78 Å². The molecule has 3 aliphatic rings. The van der Waals surface area contributed by atoms with Crippen molar-refractivity contribution >= 4 is 17.1 Å². The van der Waals surface area contributed by atoms with Gasteiger partial charge in [0, 0.05) is 25.3 Å². The first kappa shape index (κ1) is 19.6. The van der Waals surface area contributed by atoms with Gasteiger partial charge in [-0.05, 0) is 43.2 Å². The van der Waals surface area contributed by atoms with Crippen LogP contribution in [-0.2, 0) is 0 Å². The molecule has 0 radical (unpaired) electrons. The lowest BCUT2D eigenvalue weighted by Crippen LogP contribution is -2.50. The van der Waals surface area contributed by atoms with Gasteiger partial charge in [-0.25, -0.2) is 18.8 Å². The van der Waals surface area contributed by atoms with E-state index in [9.17, 15) is 8.78 Å². The molecule has 31 heavy (non-hydrogen) atoms. The first-order valence-corrected chi connectivity index (χ1v) is 10.1. The molecule has 0 spiro atoms. The number of azo groups is 1. The zero-order valence-corrected chi connectivity index (χ0v) is 16.7. The second-order valence-electron chi connectivity index (χ2n) is 7.67. The molecular formula is C21H22F2N8. The van der Waals surface area contributed by atoms with E-state index in [0.717, 1.165) is 25.1 Å². The van der Waals surface area contributed by atoms with Crippen molar-refractivity contribution in [3.63, 3.8) is 0 Å². The second kappa shape index (κ2) is 7.71. The van der Waals surface area contributed by atoms with Crippen LogP contribution in [0.15, 0.2) is 64.9 Å². The van der Waals surface area contributed by atoms with Gasteiger partial charge in [-0.2, -0.15) is 0 Å². The fourth-order valence-electron chi connectivity index (χ4n) is 4.23. The topological polar surface area (TPSA) is 99.4 Å². The summed E-state index contributed by atoms with van der Waals surface area (Å²) in [4.78, 5) is 6.45. The van der Waals surface area contributed by atoms with E-state index in [2.05, 4.69) is 20.1 Å². The number of hydrogen-bond donors (Lipinski definition) is 2. The van der Waals surface area contributed by atoms with Gasteiger partial charge in [-0.1, -0.05) is 6.07 Å². The summed E-state index contributed by atoms with van der Waals surface area (Å²) in [7, 11) is 0. The third-order valence-electron chi connectivity index (χ3n) is 5.62. The summed E-state index contributed by atoms with van der Waals surface area (Å²) in [5.74, 6) is -0.890. The number of aromatic nitrogens is 1. The lowest BCUT2D eigenvalue weighted by molar-refractivity contribution is 0.295. The van der Waals surface area contributed by atoms with E-state index in [1.807, 2.05) is 6.07 Å². The van der Waals surface area contributed by atoms with E-state index in [1.165, 1.54) is 18.2 Å². The molecule has 1 fully saturated rings. The molecule has 4 N–H and O–H groups in total. The van der Waals surface area contributed by atoms with Gasteiger partial charge in [-0.3, -0.25) is 10.7 Å². The number of hydrogen-bond acceptors (Lipinski definition) is 8. The summed E-state index contributed by atoms with van der Waals surface area (Å²) in [6.45, 7) is 1.48. The Labute approximate surface area is 178 Å². The number of anilines is 2. The average Bonchev–Trinajstić information content (AvgIpc) is 3.14. The Morgan fingerprint density at radius 2 is 1.84 bits per heavy atom. The van der Waals surface area contributed by atoms with Crippen LogP contribution in [-0.4, -0.2) is 35.4 Å². The van der Waals surface area contributed by atoms with Crippen molar-refractivity contribution in [2.24, 2.45) is 21.7 Å². The summed E-state index contributed by atoms with van der Waals surface area (Å²) < 4.78 is 29.6. The standard InChI is InChI=1S/C21H22F2N8/c22-14-4-1-5-15(23)20(14)17-6-7-19-27-28-21(25)31(19)30(17)18-11-26-9-8-16(18)29-10-2-3-13(24)12-29/h1,4-9,11,13,21H,2-3,10,12,24-25H2. The molecule has 5 rings (SSSR count). The number of halogens is 2. The first-order valence-electron chi connectivity index (χ1n) is 10.1. The predicted molar refractivity (Wildman–Crippen MR) is 113 cm³/mol. The van der Waals surface area contributed by atoms with Gasteiger partial charge in [0.15, 0.2) is 5.82 Å². The summed E-state index contributed by atoms with van der Waals surface area (Å²) in [6.07, 6.45) is 7.65. The molecule has 2 atom stereocenters. The van der Waals surface area contributed by atoms with Gasteiger partial charge in [0.05, 0.1) is 23.1 Å².